The second-order valence-electron chi connectivity index (χ2n) is 21.1. The van der Waals surface area contributed by atoms with Crippen LogP contribution in [0.3, 0.4) is 0 Å². The minimum atomic E-state index is -4.83. The molecule has 0 radical (unpaired) electrons. The minimum absolute atomic E-state index is 0. The Morgan fingerprint density at radius 2 is 1.11 bits per heavy atom. The van der Waals surface area contributed by atoms with E-state index >= 15 is 0 Å². The van der Waals surface area contributed by atoms with E-state index in [4.69, 9.17) is 14.5 Å². The number of phosphoric ester groups is 1. The van der Waals surface area contributed by atoms with Crippen LogP contribution in [0.15, 0.2) is 23.3 Å². The van der Waals surface area contributed by atoms with Crippen molar-refractivity contribution in [3.05, 3.63) is 23.3 Å². The first-order valence-corrected chi connectivity index (χ1v) is 24.2. The molecule has 8 aliphatic rings. The van der Waals surface area contributed by atoms with Gasteiger partial charge in [0.1, 0.15) is 17.8 Å². The molecule has 8 rings (SSSR count). The molecule has 0 aliphatic heterocycles. The average Bonchev–Trinajstić information content (AvgIpc) is 3.63. The van der Waals surface area contributed by atoms with E-state index in [-0.39, 0.29) is 113 Å². The maximum atomic E-state index is 13.1. The normalized spacial score (nSPS) is 43.2. The van der Waals surface area contributed by atoms with E-state index in [0.717, 1.165) is 36.8 Å². The van der Waals surface area contributed by atoms with Crippen LogP contribution in [0.4, 0.5) is 0 Å². The Kier molecular flexibility index (Phi) is 14.6. The zero-order chi connectivity index (χ0) is 46.3. The first kappa shape index (κ1) is 51.4. The molecule has 64 heavy (non-hydrogen) atoms. The van der Waals surface area contributed by atoms with Crippen LogP contribution < -0.4 is 34.7 Å². The summed E-state index contributed by atoms with van der Waals surface area (Å²) in [7, 11) is -4.83. The minimum Gasteiger partial charge on any atom is -0.550 e. The molecule has 0 heterocycles. The Morgan fingerprint density at radius 3 is 1.52 bits per heavy atom. The van der Waals surface area contributed by atoms with E-state index in [1.54, 1.807) is 12.2 Å². The van der Waals surface area contributed by atoms with Gasteiger partial charge in [-0.3, -0.25) is 28.5 Å². The van der Waals surface area contributed by atoms with Gasteiger partial charge in [0.05, 0.1) is 18.6 Å². The summed E-state index contributed by atoms with van der Waals surface area (Å²) in [5.74, 6) is -3.06. The summed E-state index contributed by atoms with van der Waals surface area (Å²) in [6, 6.07) is 0. The van der Waals surface area contributed by atoms with Gasteiger partial charge >= 0.3 is 43.3 Å². The van der Waals surface area contributed by atoms with Crippen LogP contribution in [0.5, 0.6) is 0 Å². The first-order valence-electron chi connectivity index (χ1n) is 22.6. The van der Waals surface area contributed by atoms with Crippen molar-refractivity contribution in [1.82, 2.24) is 0 Å². The van der Waals surface area contributed by atoms with Crippen molar-refractivity contribution in [2.45, 2.75) is 154 Å². The number of carbonyl (C=O) groups excluding carboxylic acids is 6. The number of rotatable bonds is 10. The number of aliphatic carboxylic acids is 1. The van der Waals surface area contributed by atoms with Gasteiger partial charge in [-0.2, -0.15) is 0 Å². The molecular weight excluding hydrogens is 862 g/mol. The van der Waals surface area contributed by atoms with Gasteiger partial charge in [0.25, 0.3) is 0 Å². The smallest absolute Gasteiger partial charge is 0.550 e. The molecule has 14 atom stereocenters. The van der Waals surface area contributed by atoms with Crippen molar-refractivity contribution in [2.75, 3.05) is 13.2 Å². The maximum absolute atomic E-state index is 13.1. The largest absolute Gasteiger partial charge is 1.00 e. The molecule has 18 heteroatoms. The molecule has 6 fully saturated rings. The van der Waals surface area contributed by atoms with Gasteiger partial charge in [0, 0.05) is 29.6 Å². The molecule has 8 aliphatic carbocycles. The molecule has 0 spiro atoms. The topological polar surface area (TPSA) is 282 Å². The molecule has 6 N–H and O–H groups in total. The van der Waals surface area contributed by atoms with E-state index < -0.39 is 91.6 Å². The molecule has 0 aromatic heterocycles. The number of carboxylic acid groups (broad SMARTS) is 1. The van der Waals surface area contributed by atoms with Crippen LogP contribution in [-0.4, -0.2) is 102 Å². The summed E-state index contributed by atoms with van der Waals surface area (Å²) in [5, 5.41) is 56.1. The van der Waals surface area contributed by atoms with Crippen LogP contribution >= 0.6 is 7.82 Å². The molecule has 0 bridgehead atoms. The van der Waals surface area contributed by atoms with Gasteiger partial charge in [-0.15, -0.1) is 0 Å². The van der Waals surface area contributed by atoms with Crippen molar-refractivity contribution >= 4 is 42.9 Å². The Bertz CT molecular complexity index is 2050. The number of hydrogen-bond donors (Lipinski definition) is 6. The number of aliphatic hydroxyl groups is 4. The van der Waals surface area contributed by atoms with Gasteiger partial charge in [0.2, 0.25) is 5.78 Å². The van der Waals surface area contributed by atoms with Crippen molar-refractivity contribution < 1.29 is 107 Å². The molecule has 0 aromatic rings. The van der Waals surface area contributed by atoms with E-state index in [1.165, 1.54) is 0 Å². The first-order chi connectivity index (χ1) is 29.2. The fourth-order valence-electron chi connectivity index (χ4n) is 15.1. The predicted molar refractivity (Wildman–Crippen MR) is 219 cm³/mol. The molecule has 6 saturated carbocycles. The van der Waals surface area contributed by atoms with Gasteiger partial charge in [0.15, 0.2) is 24.0 Å². The average molecular weight is 927 g/mol. The second-order valence-corrected chi connectivity index (χ2v) is 22.3. The monoisotopic (exact) mass is 926 g/mol. The van der Waals surface area contributed by atoms with E-state index in [9.17, 15) is 58.9 Å². The van der Waals surface area contributed by atoms with Crippen molar-refractivity contribution in [2.24, 2.45) is 57.2 Å². The van der Waals surface area contributed by atoms with Crippen LogP contribution in [0.1, 0.15) is 130 Å². The quantitative estimate of drug-likeness (QED) is 0.0937. The van der Waals surface area contributed by atoms with Crippen molar-refractivity contribution in [3.63, 3.8) is 0 Å². The number of carboxylic acids is 1. The summed E-state index contributed by atoms with van der Waals surface area (Å²) >= 11 is 0. The SMILES string of the molecule is C[C@]12CCC(=O)C=C1CC[C@@H]1[C@@H]2[C@@H](O)C[C@@]2(C)[C@H]1CC[C@]2(O)C(=O)COC(=O)CCC(=O)[O-].C[C@]12CCC(=O)C=C1CC[C@@H]1[C@@H]2[C@@H](O)C[C@@]2(C)[C@H]1CC[C@]2(O)C(=O)COP(=O)(O)O.[Na+]. The summed E-state index contributed by atoms with van der Waals surface area (Å²) in [6.07, 6.45) is 8.86. The van der Waals surface area contributed by atoms with Gasteiger partial charge in [-0.25, -0.2) is 4.57 Å². The standard InChI is InChI=1S/C25H34O8.C21H31O8P.Na/c1-23-9-7-15(26)11-14(23)3-4-16-17-8-10-25(32,24(17,2)12-18(27)22(16)23)19(28)13-33-21(31)6-5-20(29)30;1-19-7-5-13(22)9-12(19)3-4-14-15-6-8-21(25,17(24)11-29-30(26,27)28)20(15,2)10-16(23)18(14)19;/h11,16-18,22,27,32H,3-10,12-13H2,1-2H3,(H,29,30);9,14-16,18,23,25H,3-8,10-11H2,1-2H3,(H2,26,27,28);/q;;+1/p-1/t16-,17-,18-,22+,23-,24-,25-;14-,15-,16-,18+,19-,20-,21-;/m00./s1. The Hall–Kier alpha value is -1.95. The predicted octanol–water partition coefficient (Wildman–Crippen LogP) is -0.235. The molecule has 0 aromatic carbocycles. The fourth-order valence-corrected chi connectivity index (χ4v) is 15.4. The Morgan fingerprint density at radius 1 is 0.688 bits per heavy atom. The Labute approximate surface area is 395 Å². The molecule has 0 amide bonds. The molecular formula is C46H64NaO16P. The van der Waals surface area contributed by atoms with Crippen molar-refractivity contribution in [3.8, 4) is 0 Å². The number of esters is 1. The summed E-state index contributed by atoms with van der Waals surface area (Å²) in [6.45, 7) is 6.47. The summed E-state index contributed by atoms with van der Waals surface area (Å²) in [5.41, 5.74) is -3.55. The zero-order valence-electron chi connectivity index (χ0n) is 37.7. The number of carbonyl (C=O) groups is 6. The van der Waals surface area contributed by atoms with Crippen molar-refractivity contribution in [1.29, 1.82) is 0 Å². The number of ether oxygens (including phenoxy) is 1. The molecule has 350 valence electrons. The molecule has 0 saturated heterocycles. The molecule has 16 nitrogen and oxygen atoms in total. The second kappa shape index (κ2) is 18.2. The van der Waals surface area contributed by atoms with E-state index in [1.807, 2.05) is 13.8 Å². The third kappa shape index (κ3) is 8.60. The van der Waals surface area contributed by atoms with E-state index in [2.05, 4.69) is 18.4 Å². The zero-order valence-corrected chi connectivity index (χ0v) is 40.6. The number of allylic oxidation sites excluding steroid dienone is 2. The maximum Gasteiger partial charge on any atom is 1.00 e. The summed E-state index contributed by atoms with van der Waals surface area (Å²) in [4.78, 5) is 90.0. The molecule has 0 unspecified atom stereocenters. The van der Waals surface area contributed by atoms with Gasteiger partial charge in [-0.05, 0) is 142 Å². The van der Waals surface area contributed by atoms with Crippen LogP contribution in [0, 0.1) is 57.2 Å². The number of aliphatic hydroxyl groups excluding tert-OH is 2. The fraction of sp³-hybridized carbons (Fsp3) is 0.783. The number of fused-ring (bicyclic) bond motifs is 10. The van der Waals surface area contributed by atoms with Crippen LogP contribution in [0.25, 0.3) is 0 Å². The number of hydrogen-bond acceptors (Lipinski definition) is 14. The van der Waals surface area contributed by atoms with Gasteiger partial charge < -0.3 is 44.9 Å². The summed E-state index contributed by atoms with van der Waals surface area (Å²) < 4.78 is 20.3. The third-order valence-electron chi connectivity index (χ3n) is 18.3. The van der Waals surface area contributed by atoms with E-state index in [0.29, 0.717) is 38.5 Å². The van der Waals surface area contributed by atoms with Gasteiger partial charge in [-0.1, -0.05) is 38.8 Å². The number of phosphoric acid groups is 1. The Balaban J connectivity index is 0.000000210. The third-order valence-corrected chi connectivity index (χ3v) is 18.7. The number of ketones is 4. The van der Waals surface area contributed by atoms with Crippen LogP contribution in [-0.2, 0) is 42.6 Å². The van der Waals surface area contributed by atoms with Crippen LogP contribution in [0.2, 0.25) is 0 Å². The number of Topliss-reactive ketones (excluding diaryl/α,β-unsaturated/α-hetero) is 2.